The summed E-state index contributed by atoms with van der Waals surface area (Å²) < 4.78 is 33.2. The molecule has 50 heavy (non-hydrogen) atoms. The first-order valence-electron chi connectivity index (χ1n) is 19.9. The SMILES string of the molecule is CCC/C=C\CCCCCCCC(=O)OC(COCCCCCCCCCC/C=C\CCCCCCCC)COP(=O)(O)OCC(N)C(=O)O. The van der Waals surface area contributed by atoms with Crippen LogP contribution >= 0.6 is 7.82 Å². The van der Waals surface area contributed by atoms with Gasteiger partial charge < -0.3 is 25.2 Å². The van der Waals surface area contributed by atoms with Gasteiger partial charge in [-0.25, -0.2) is 4.57 Å². The summed E-state index contributed by atoms with van der Waals surface area (Å²) in [5.41, 5.74) is 5.33. The van der Waals surface area contributed by atoms with E-state index in [-0.39, 0.29) is 13.0 Å². The first kappa shape index (κ1) is 48.5. The van der Waals surface area contributed by atoms with Gasteiger partial charge in [0.15, 0.2) is 0 Å². The summed E-state index contributed by atoms with van der Waals surface area (Å²) >= 11 is 0. The summed E-state index contributed by atoms with van der Waals surface area (Å²) in [7, 11) is -4.61. The molecule has 0 aromatic heterocycles. The van der Waals surface area contributed by atoms with Gasteiger partial charge in [0.05, 0.1) is 19.8 Å². The molecule has 0 aromatic rings. The van der Waals surface area contributed by atoms with Crippen molar-refractivity contribution in [1.82, 2.24) is 0 Å². The van der Waals surface area contributed by atoms with E-state index in [0.717, 1.165) is 57.8 Å². The van der Waals surface area contributed by atoms with Crippen LogP contribution in [0.1, 0.15) is 174 Å². The van der Waals surface area contributed by atoms with Crippen LogP contribution in [0.5, 0.6) is 0 Å². The molecule has 0 aromatic carbocycles. The number of carbonyl (C=O) groups excluding carboxylic acids is 1. The normalized spacial score (nSPS) is 14.3. The van der Waals surface area contributed by atoms with Crippen LogP contribution in [0.15, 0.2) is 24.3 Å². The zero-order valence-corrected chi connectivity index (χ0v) is 32.6. The number of allylic oxidation sites excluding steroid dienone is 4. The van der Waals surface area contributed by atoms with Crippen LogP contribution in [0.25, 0.3) is 0 Å². The first-order valence-corrected chi connectivity index (χ1v) is 21.4. The van der Waals surface area contributed by atoms with Crippen LogP contribution in [0.3, 0.4) is 0 Å². The van der Waals surface area contributed by atoms with Gasteiger partial charge in [0, 0.05) is 13.0 Å². The van der Waals surface area contributed by atoms with Crippen molar-refractivity contribution in [3.63, 3.8) is 0 Å². The van der Waals surface area contributed by atoms with E-state index < -0.39 is 45.1 Å². The fraction of sp³-hybridized carbons (Fsp3) is 0.846. The number of ether oxygens (including phenoxy) is 2. The van der Waals surface area contributed by atoms with E-state index in [1.165, 1.54) is 89.9 Å². The predicted octanol–water partition coefficient (Wildman–Crippen LogP) is 10.4. The molecular formula is C39H74NO9P. The van der Waals surface area contributed by atoms with Crippen molar-refractivity contribution in [1.29, 1.82) is 0 Å². The number of carboxylic acids is 1. The Morgan fingerprint density at radius 2 is 1.08 bits per heavy atom. The van der Waals surface area contributed by atoms with Gasteiger partial charge in [-0.15, -0.1) is 0 Å². The topological polar surface area (TPSA) is 155 Å². The van der Waals surface area contributed by atoms with Crippen LogP contribution in [0, 0.1) is 0 Å². The highest BCUT2D eigenvalue weighted by Crippen LogP contribution is 2.43. The van der Waals surface area contributed by atoms with Crippen molar-refractivity contribution in [3.8, 4) is 0 Å². The zero-order valence-electron chi connectivity index (χ0n) is 31.7. The number of phosphoric ester groups is 1. The molecule has 294 valence electrons. The molecule has 0 rings (SSSR count). The molecule has 3 unspecified atom stereocenters. The number of esters is 1. The Morgan fingerprint density at radius 3 is 1.60 bits per heavy atom. The fourth-order valence-electron chi connectivity index (χ4n) is 5.31. The number of unbranched alkanes of at least 4 members (excludes halogenated alkanes) is 20. The number of nitrogens with two attached hydrogens (primary N) is 1. The molecule has 11 heteroatoms. The van der Waals surface area contributed by atoms with Crippen LogP contribution in [-0.4, -0.2) is 60.5 Å². The van der Waals surface area contributed by atoms with Crippen LogP contribution in [0.4, 0.5) is 0 Å². The Bertz CT molecular complexity index is 899. The van der Waals surface area contributed by atoms with Crippen molar-refractivity contribution in [2.75, 3.05) is 26.4 Å². The molecule has 0 aliphatic heterocycles. The summed E-state index contributed by atoms with van der Waals surface area (Å²) in [4.78, 5) is 33.3. The summed E-state index contributed by atoms with van der Waals surface area (Å²) in [6.45, 7) is 3.79. The molecule has 0 heterocycles. The number of carboxylic acid groups (broad SMARTS) is 1. The molecule has 0 saturated carbocycles. The summed E-state index contributed by atoms with van der Waals surface area (Å²) in [6.07, 6.45) is 36.7. The van der Waals surface area contributed by atoms with Crippen LogP contribution < -0.4 is 5.73 Å². The highest BCUT2D eigenvalue weighted by Gasteiger charge is 2.27. The van der Waals surface area contributed by atoms with Crippen molar-refractivity contribution >= 4 is 19.8 Å². The minimum atomic E-state index is -4.61. The zero-order chi connectivity index (χ0) is 37.0. The molecule has 0 spiro atoms. The second kappa shape index (κ2) is 35.8. The lowest BCUT2D eigenvalue weighted by Crippen LogP contribution is -2.34. The lowest BCUT2D eigenvalue weighted by Gasteiger charge is -2.20. The number of hydrogen-bond donors (Lipinski definition) is 3. The maximum absolute atomic E-state index is 12.5. The maximum Gasteiger partial charge on any atom is 0.472 e. The molecule has 0 aliphatic carbocycles. The highest BCUT2D eigenvalue weighted by atomic mass is 31.2. The molecule has 3 atom stereocenters. The summed E-state index contributed by atoms with van der Waals surface area (Å²) in [5.74, 6) is -1.79. The van der Waals surface area contributed by atoms with Gasteiger partial charge in [-0.05, 0) is 57.8 Å². The highest BCUT2D eigenvalue weighted by molar-refractivity contribution is 7.47. The Morgan fingerprint density at radius 1 is 0.620 bits per heavy atom. The van der Waals surface area contributed by atoms with Crippen molar-refractivity contribution < 1.29 is 42.7 Å². The summed E-state index contributed by atoms with van der Waals surface area (Å²) in [5, 5.41) is 8.86. The fourth-order valence-corrected chi connectivity index (χ4v) is 6.08. The quantitative estimate of drug-likeness (QED) is 0.0242. The van der Waals surface area contributed by atoms with E-state index >= 15 is 0 Å². The van der Waals surface area contributed by atoms with Crippen molar-refractivity contribution in [3.05, 3.63) is 24.3 Å². The van der Waals surface area contributed by atoms with E-state index in [9.17, 15) is 19.0 Å². The Balaban J connectivity index is 4.22. The minimum absolute atomic E-state index is 0.0132. The van der Waals surface area contributed by atoms with Gasteiger partial charge in [0.25, 0.3) is 0 Å². The third kappa shape index (κ3) is 34.9. The second-order valence-electron chi connectivity index (χ2n) is 13.4. The molecular weight excluding hydrogens is 657 g/mol. The van der Waals surface area contributed by atoms with Gasteiger partial charge in [-0.1, -0.05) is 134 Å². The molecule has 10 nitrogen and oxygen atoms in total. The van der Waals surface area contributed by atoms with Gasteiger partial charge in [0.1, 0.15) is 12.1 Å². The molecule has 4 N–H and O–H groups in total. The molecule has 0 amide bonds. The molecule has 0 radical (unpaired) electrons. The maximum atomic E-state index is 12.5. The lowest BCUT2D eigenvalue weighted by atomic mass is 10.1. The third-order valence-electron chi connectivity index (χ3n) is 8.43. The smallest absolute Gasteiger partial charge is 0.472 e. The third-order valence-corrected chi connectivity index (χ3v) is 9.38. The van der Waals surface area contributed by atoms with Crippen LogP contribution in [0.2, 0.25) is 0 Å². The molecule has 0 saturated heterocycles. The van der Waals surface area contributed by atoms with E-state index in [1.807, 2.05) is 0 Å². The van der Waals surface area contributed by atoms with E-state index in [0.29, 0.717) is 13.0 Å². The first-order chi connectivity index (χ1) is 24.2. The molecule has 0 bridgehead atoms. The van der Waals surface area contributed by atoms with E-state index in [4.69, 9.17) is 24.8 Å². The van der Waals surface area contributed by atoms with Crippen molar-refractivity contribution in [2.24, 2.45) is 5.73 Å². The van der Waals surface area contributed by atoms with Gasteiger partial charge in [0.2, 0.25) is 0 Å². The Labute approximate surface area is 304 Å². The Hall–Kier alpha value is -1.55. The monoisotopic (exact) mass is 732 g/mol. The van der Waals surface area contributed by atoms with Gasteiger partial charge in [-0.2, -0.15) is 0 Å². The summed E-state index contributed by atoms with van der Waals surface area (Å²) in [6, 6.07) is -1.47. The largest absolute Gasteiger partial charge is 0.480 e. The average molecular weight is 732 g/mol. The minimum Gasteiger partial charge on any atom is -0.480 e. The van der Waals surface area contributed by atoms with Gasteiger partial charge >= 0.3 is 19.8 Å². The molecule has 0 fully saturated rings. The van der Waals surface area contributed by atoms with Crippen LogP contribution in [-0.2, 0) is 32.7 Å². The standard InChI is InChI=1S/C39H74NO9P/c1-3-5-7-9-11-13-15-16-17-18-19-20-21-22-24-26-28-30-32-46-33-36(34-47-50(44,45)48-35-37(40)39(42)43)49-38(41)31-29-27-25-23-14-12-10-8-6-4-2/h8,10,16-17,36-37H,3-7,9,11-15,18-35,40H2,1-2H3,(H,42,43)(H,44,45)/b10-8-,17-16-. The van der Waals surface area contributed by atoms with Gasteiger partial charge in [-0.3, -0.25) is 18.6 Å². The Kier molecular flexibility index (Phi) is 34.7. The lowest BCUT2D eigenvalue weighted by molar-refractivity contribution is -0.154. The number of carbonyl (C=O) groups is 2. The number of aliphatic carboxylic acids is 1. The van der Waals surface area contributed by atoms with Crippen molar-refractivity contribution in [2.45, 2.75) is 187 Å². The second-order valence-corrected chi connectivity index (χ2v) is 14.9. The number of rotatable bonds is 38. The number of phosphoric acid groups is 1. The predicted molar refractivity (Wildman–Crippen MR) is 203 cm³/mol. The molecule has 0 aliphatic rings. The average Bonchev–Trinajstić information content (AvgIpc) is 3.09. The number of hydrogen-bond acceptors (Lipinski definition) is 8. The van der Waals surface area contributed by atoms with E-state index in [1.54, 1.807) is 0 Å². The van der Waals surface area contributed by atoms with E-state index in [2.05, 4.69) is 42.7 Å².